The zero-order valence-electron chi connectivity index (χ0n) is 9.08. The van der Waals surface area contributed by atoms with Crippen LogP contribution in [0.4, 0.5) is 0 Å². The Labute approximate surface area is 114 Å². The van der Waals surface area contributed by atoms with Crippen molar-refractivity contribution in [3.05, 3.63) is 20.3 Å². The van der Waals surface area contributed by atoms with Gasteiger partial charge in [-0.2, -0.15) is 0 Å². The first kappa shape index (κ1) is 13.1. The van der Waals surface area contributed by atoms with Crippen LogP contribution in [-0.2, 0) is 0 Å². The molecule has 17 heavy (non-hydrogen) atoms. The van der Waals surface area contributed by atoms with Gasteiger partial charge in [-0.05, 0) is 18.9 Å². The standard InChI is InChI=1S/C11H13Cl2NO2S/c12-9-4-7(10(13)17-9)11(16)14-8-3-1-2-6(8)5-15/h4,6,8,15H,1-3,5H2,(H,14,16). The third kappa shape index (κ3) is 2.94. The van der Waals surface area contributed by atoms with Crippen molar-refractivity contribution in [2.24, 2.45) is 5.92 Å². The molecule has 1 fully saturated rings. The van der Waals surface area contributed by atoms with Gasteiger partial charge < -0.3 is 10.4 Å². The van der Waals surface area contributed by atoms with Crippen molar-refractivity contribution in [1.82, 2.24) is 5.32 Å². The SMILES string of the molecule is O=C(NC1CCCC1CO)c1cc(Cl)sc1Cl. The van der Waals surface area contributed by atoms with Crippen LogP contribution in [0.2, 0.25) is 8.67 Å². The maximum Gasteiger partial charge on any atom is 0.253 e. The minimum Gasteiger partial charge on any atom is -0.396 e. The van der Waals surface area contributed by atoms with Crippen LogP contribution in [0.1, 0.15) is 29.6 Å². The molecule has 1 aromatic rings. The van der Waals surface area contributed by atoms with E-state index >= 15 is 0 Å². The number of hydrogen-bond donors (Lipinski definition) is 2. The molecule has 1 aliphatic rings. The van der Waals surface area contributed by atoms with E-state index in [1.807, 2.05) is 0 Å². The van der Waals surface area contributed by atoms with Gasteiger partial charge in [0.25, 0.3) is 5.91 Å². The van der Waals surface area contributed by atoms with Crippen molar-refractivity contribution >= 4 is 40.4 Å². The Balaban J connectivity index is 2.04. The summed E-state index contributed by atoms with van der Waals surface area (Å²) in [7, 11) is 0. The molecule has 6 heteroatoms. The van der Waals surface area contributed by atoms with Crippen molar-refractivity contribution in [2.75, 3.05) is 6.61 Å². The van der Waals surface area contributed by atoms with Gasteiger partial charge in [0, 0.05) is 18.6 Å². The fourth-order valence-electron chi connectivity index (χ4n) is 2.19. The van der Waals surface area contributed by atoms with Crippen LogP contribution in [0.3, 0.4) is 0 Å². The Bertz CT molecular complexity index is 422. The quantitative estimate of drug-likeness (QED) is 0.900. The zero-order valence-corrected chi connectivity index (χ0v) is 11.4. The first-order valence-corrected chi connectivity index (χ1v) is 7.05. The smallest absolute Gasteiger partial charge is 0.253 e. The largest absolute Gasteiger partial charge is 0.396 e. The number of amides is 1. The molecule has 1 saturated carbocycles. The molecule has 0 aromatic carbocycles. The molecular weight excluding hydrogens is 281 g/mol. The molecule has 1 aromatic heterocycles. The maximum absolute atomic E-state index is 12.0. The minimum atomic E-state index is -0.205. The number of aliphatic hydroxyl groups is 1. The second-order valence-corrected chi connectivity index (χ2v) is 6.48. The molecule has 0 aliphatic heterocycles. The number of thiophene rings is 1. The second-order valence-electron chi connectivity index (χ2n) is 4.19. The summed E-state index contributed by atoms with van der Waals surface area (Å²) in [4.78, 5) is 12.0. The monoisotopic (exact) mass is 293 g/mol. The van der Waals surface area contributed by atoms with Crippen LogP contribution in [0.15, 0.2) is 6.07 Å². The van der Waals surface area contributed by atoms with Gasteiger partial charge in [-0.1, -0.05) is 29.6 Å². The fraction of sp³-hybridized carbons (Fsp3) is 0.545. The zero-order chi connectivity index (χ0) is 12.4. The lowest BCUT2D eigenvalue weighted by atomic mass is 10.0. The highest BCUT2D eigenvalue weighted by Gasteiger charge is 2.28. The summed E-state index contributed by atoms with van der Waals surface area (Å²) in [5.74, 6) is -0.0460. The summed E-state index contributed by atoms with van der Waals surface area (Å²) < 4.78 is 0.913. The molecule has 2 rings (SSSR count). The highest BCUT2D eigenvalue weighted by atomic mass is 35.5. The van der Waals surface area contributed by atoms with Crippen molar-refractivity contribution in [2.45, 2.75) is 25.3 Å². The first-order chi connectivity index (χ1) is 8.11. The van der Waals surface area contributed by atoms with E-state index in [0.717, 1.165) is 19.3 Å². The van der Waals surface area contributed by atoms with E-state index in [-0.39, 0.29) is 24.5 Å². The number of rotatable bonds is 3. The molecule has 2 unspecified atom stereocenters. The molecule has 2 atom stereocenters. The molecule has 3 nitrogen and oxygen atoms in total. The molecule has 2 N–H and O–H groups in total. The number of halogens is 2. The third-order valence-corrected chi connectivity index (χ3v) is 4.60. The van der Waals surface area contributed by atoms with Crippen molar-refractivity contribution < 1.29 is 9.90 Å². The van der Waals surface area contributed by atoms with E-state index in [1.54, 1.807) is 6.07 Å². The Morgan fingerprint density at radius 1 is 1.53 bits per heavy atom. The Morgan fingerprint density at radius 3 is 2.88 bits per heavy atom. The molecule has 0 saturated heterocycles. The van der Waals surface area contributed by atoms with E-state index in [1.165, 1.54) is 11.3 Å². The van der Waals surface area contributed by atoms with Crippen LogP contribution in [0, 0.1) is 5.92 Å². The molecular formula is C11H13Cl2NO2S. The van der Waals surface area contributed by atoms with Gasteiger partial charge in [-0.15, -0.1) is 11.3 Å². The van der Waals surface area contributed by atoms with Crippen molar-refractivity contribution in [3.63, 3.8) is 0 Å². The van der Waals surface area contributed by atoms with Gasteiger partial charge in [0.2, 0.25) is 0 Å². The van der Waals surface area contributed by atoms with Gasteiger partial charge in [-0.3, -0.25) is 4.79 Å². The van der Waals surface area contributed by atoms with Gasteiger partial charge in [-0.25, -0.2) is 0 Å². The highest BCUT2D eigenvalue weighted by Crippen LogP contribution is 2.32. The number of nitrogens with one attached hydrogen (secondary N) is 1. The molecule has 94 valence electrons. The van der Waals surface area contributed by atoms with E-state index in [9.17, 15) is 9.90 Å². The summed E-state index contributed by atoms with van der Waals surface area (Å²) in [5, 5.41) is 12.1. The number of aliphatic hydroxyl groups excluding tert-OH is 1. The average Bonchev–Trinajstić information content (AvgIpc) is 2.84. The molecule has 0 radical (unpaired) electrons. The summed E-state index contributed by atoms with van der Waals surface area (Å²) in [6, 6.07) is 1.62. The van der Waals surface area contributed by atoms with Crippen LogP contribution in [0.5, 0.6) is 0 Å². The highest BCUT2D eigenvalue weighted by molar-refractivity contribution is 7.20. The van der Waals surface area contributed by atoms with Crippen molar-refractivity contribution in [3.8, 4) is 0 Å². The Morgan fingerprint density at radius 2 is 2.29 bits per heavy atom. The predicted molar refractivity (Wildman–Crippen MR) is 70.0 cm³/mol. The number of hydrogen-bond acceptors (Lipinski definition) is 3. The second kappa shape index (κ2) is 5.57. The Hall–Kier alpha value is -0.290. The van der Waals surface area contributed by atoms with Crippen LogP contribution >= 0.6 is 34.5 Å². The normalized spacial score (nSPS) is 23.9. The predicted octanol–water partition coefficient (Wildman–Crippen LogP) is 2.95. The van der Waals surface area contributed by atoms with Crippen LogP contribution < -0.4 is 5.32 Å². The molecule has 0 bridgehead atoms. The molecule has 0 spiro atoms. The lowest BCUT2D eigenvalue weighted by Crippen LogP contribution is -2.38. The summed E-state index contributed by atoms with van der Waals surface area (Å²) in [6.45, 7) is 0.114. The summed E-state index contributed by atoms with van der Waals surface area (Å²) in [5.41, 5.74) is 0.422. The summed E-state index contributed by atoms with van der Waals surface area (Å²) >= 11 is 12.9. The third-order valence-electron chi connectivity index (χ3n) is 3.11. The fourth-order valence-corrected chi connectivity index (χ4v) is 3.64. The number of carbonyl (C=O) groups is 1. The van der Waals surface area contributed by atoms with Gasteiger partial charge in [0.15, 0.2) is 0 Å². The first-order valence-electron chi connectivity index (χ1n) is 5.48. The van der Waals surface area contributed by atoms with E-state index in [0.29, 0.717) is 14.2 Å². The molecule has 1 amide bonds. The van der Waals surface area contributed by atoms with Gasteiger partial charge in [0.1, 0.15) is 4.34 Å². The molecule has 1 heterocycles. The van der Waals surface area contributed by atoms with E-state index in [4.69, 9.17) is 23.2 Å². The molecule has 1 aliphatic carbocycles. The van der Waals surface area contributed by atoms with Gasteiger partial charge >= 0.3 is 0 Å². The lowest BCUT2D eigenvalue weighted by molar-refractivity contribution is 0.0916. The summed E-state index contributed by atoms with van der Waals surface area (Å²) in [6.07, 6.45) is 2.90. The Kier molecular flexibility index (Phi) is 4.31. The van der Waals surface area contributed by atoms with Gasteiger partial charge in [0.05, 0.1) is 9.90 Å². The average molecular weight is 294 g/mol. The van der Waals surface area contributed by atoms with E-state index in [2.05, 4.69) is 5.32 Å². The van der Waals surface area contributed by atoms with Crippen molar-refractivity contribution in [1.29, 1.82) is 0 Å². The minimum absolute atomic E-state index is 0.0437. The van der Waals surface area contributed by atoms with E-state index < -0.39 is 0 Å². The van der Waals surface area contributed by atoms with Crippen LogP contribution in [0.25, 0.3) is 0 Å². The lowest BCUT2D eigenvalue weighted by Gasteiger charge is -2.18. The van der Waals surface area contributed by atoms with Crippen LogP contribution in [-0.4, -0.2) is 23.7 Å². The number of carbonyl (C=O) groups excluding carboxylic acids is 1. The topological polar surface area (TPSA) is 49.3 Å². The maximum atomic E-state index is 12.0.